The Morgan fingerprint density at radius 3 is 0.727 bits per heavy atom. The Kier molecular flexibility index (Phi) is 82.0. The monoisotopic (exact) mass is 1890 g/mol. The van der Waals surface area contributed by atoms with E-state index in [0.717, 1.165) is 6.40 Å². The van der Waals surface area contributed by atoms with Crippen LogP contribution in [0.5, 0.6) is 40.2 Å². The molecule has 0 aliphatic rings. The van der Waals surface area contributed by atoms with Gasteiger partial charge in [0.25, 0.3) is 0 Å². The number of aromatic carboxylic acids is 3. The van der Waals surface area contributed by atoms with Crippen molar-refractivity contribution < 1.29 is 171 Å². The Bertz CT molecular complexity index is 4310. The molecule has 0 aliphatic heterocycles. The number of aliphatic imine (C=N–C) groups is 3. The van der Waals surface area contributed by atoms with Crippen LogP contribution in [0.4, 0.5) is 19.2 Å². The summed E-state index contributed by atoms with van der Waals surface area (Å²) in [5, 5.41) is 78.1. The fraction of sp³-hybridized carbons (Fsp3) is 0.371. The normalized spacial score (nSPS) is 9.68. The van der Waals surface area contributed by atoms with Gasteiger partial charge in [-0.1, -0.05) is 84.9 Å². The van der Waals surface area contributed by atoms with Gasteiger partial charge in [0.2, 0.25) is 19.2 Å². The SMILES string of the molecule is CC(C)(C)OC(=O)c1ccccc1O.CC(C)(C)OC(=O)c1ccccc1O.CC(C)(C)OC(=O)c1ccccc1OC(=O)O.CCOC(=O)Cl.CCOC(=O)Oc1ccccc1C(=O)O.CCOC(=O)Oc1ccccc1C(=O)OC(C)(C)C.CCOOC=NC.CCOOC=NC.CN.CN.CN.CN.CN=COO.O=C(O)c1ccccc1O.O=C(O)c1ccccc1O. The Morgan fingerprint density at radius 2 is 0.538 bits per heavy atom. The van der Waals surface area contributed by atoms with Crippen LogP contribution < -0.4 is 37.1 Å². The highest BCUT2D eigenvalue weighted by Crippen LogP contribution is 2.26. The van der Waals surface area contributed by atoms with E-state index in [1.54, 1.807) is 203 Å². The number of halogens is 1. The van der Waals surface area contributed by atoms with Gasteiger partial charge in [0.1, 0.15) is 102 Å². The van der Waals surface area contributed by atoms with E-state index in [1.807, 2.05) is 13.8 Å². The van der Waals surface area contributed by atoms with E-state index in [4.69, 9.17) is 75.9 Å². The van der Waals surface area contributed by atoms with Gasteiger partial charge in [0.05, 0.1) is 33.0 Å². The molecule has 0 unspecified atom stereocenters. The lowest BCUT2D eigenvalue weighted by Crippen LogP contribution is -2.24. The minimum atomic E-state index is -1.47. The largest absolute Gasteiger partial charge is 0.513 e. The number of hydrogen-bond donors (Lipinski definition) is 13. The maximum absolute atomic E-state index is 12.0. The van der Waals surface area contributed by atoms with Crippen LogP contribution in [0, 0.1) is 0 Å². The van der Waals surface area contributed by atoms with Crippen molar-refractivity contribution >= 4 is 96.5 Å². The van der Waals surface area contributed by atoms with Crippen LogP contribution in [0.15, 0.2) is 185 Å². The number of esters is 4. The number of aromatic hydroxyl groups is 4. The number of carbonyl (C=O) groups is 11. The molecule has 0 saturated carbocycles. The molecule has 7 rings (SSSR count). The third-order valence-electron chi connectivity index (χ3n) is 11.6. The van der Waals surface area contributed by atoms with Crippen molar-refractivity contribution in [2.45, 2.75) is 140 Å². The maximum atomic E-state index is 12.0. The molecule has 0 saturated heterocycles. The fourth-order valence-electron chi connectivity index (χ4n) is 7.13. The number of rotatable bonds is 20. The highest BCUT2D eigenvalue weighted by Gasteiger charge is 2.25. The van der Waals surface area contributed by atoms with Crippen LogP contribution in [0.1, 0.15) is 190 Å². The molecule has 17 N–H and O–H groups in total. The molecule has 0 spiro atoms. The van der Waals surface area contributed by atoms with Gasteiger partial charge >= 0.3 is 65.7 Å². The van der Waals surface area contributed by atoms with E-state index >= 15 is 0 Å². The lowest BCUT2D eigenvalue weighted by molar-refractivity contribution is -0.211. The zero-order chi connectivity index (χ0) is 104. The smallest absolute Gasteiger partial charge is 0.507 e. The molecule has 0 radical (unpaired) electrons. The van der Waals surface area contributed by atoms with Crippen LogP contribution in [0.2, 0.25) is 0 Å². The fourth-order valence-corrected chi connectivity index (χ4v) is 7.24. The second kappa shape index (κ2) is 81.2. The molecule has 0 aromatic heterocycles. The van der Waals surface area contributed by atoms with Crippen molar-refractivity contribution in [1.82, 2.24) is 0 Å². The van der Waals surface area contributed by atoms with Crippen LogP contribution in [0.25, 0.3) is 0 Å². The minimum Gasteiger partial charge on any atom is -0.507 e. The Balaban J connectivity index is -0.000000216. The van der Waals surface area contributed by atoms with Crippen LogP contribution in [-0.2, 0) is 57.6 Å². The van der Waals surface area contributed by atoms with E-state index < -0.39 is 88.1 Å². The molecule has 0 amide bonds. The summed E-state index contributed by atoms with van der Waals surface area (Å²) < 4.78 is 48.1. The number of phenolic OH excluding ortho intramolecular Hbond substituents is 2. The molecular formula is C89H130ClN7O35. The van der Waals surface area contributed by atoms with E-state index in [1.165, 1.54) is 133 Å². The number of hydrogen-bond acceptors (Lipinski definition) is 38. The number of nitrogens with zero attached hydrogens (tertiary/aromatic N) is 3. The summed E-state index contributed by atoms with van der Waals surface area (Å²) in [5.41, 5.74) is 15.4. The van der Waals surface area contributed by atoms with Gasteiger partial charge in [-0.2, -0.15) is 9.78 Å². The first-order valence-corrected chi connectivity index (χ1v) is 39.2. The van der Waals surface area contributed by atoms with Crippen molar-refractivity contribution in [3.8, 4) is 40.2 Å². The number of para-hydroxylation sites is 7. The quantitative estimate of drug-likeness (QED) is 0.00388. The topological polar surface area (TPSA) is 649 Å². The third-order valence-corrected chi connectivity index (χ3v) is 11.7. The summed E-state index contributed by atoms with van der Waals surface area (Å²) >= 11 is 4.72. The minimum absolute atomic E-state index is 0.0246. The van der Waals surface area contributed by atoms with Gasteiger partial charge in [0.15, 0.2) is 0 Å². The van der Waals surface area contributed by atoms with E-state index in [-0.39, 0.29) is 92.4 Å². The second-order valence-electron chi connectivity index (χ2n) is 26.3. The number of nitrogens with two attached hydrogens (primary N) is 4. The number of carboxylic acid groups (broad SMARTS) is 4. The predicted octanol–water partition coefficient (Wildman–Crippen LogP) is 15.7. The Hall–Kier alpha value is -14.3. The molecule has 0 aliphatic carbocycles. The first-order valence-electron chi connectivity index (χ1n) is 38.9. The van der Waals surface area contributed by atoms with Crippen molar-refractivity contribution in [2.24, 2.45) is 37.9 Å². The molecule has 738 valence electrons. The van der Waals surface area contributed by atoms with Crippen molar-refractivity contribution in [3.63, 3.8) is 0 Å². The zero-order valence-corrected chi connectivity index (χ0v) is 79.4. The first-order chi connectivity index (χ1) is 62.0. The van der Waals surface area contributed by atoms with Gasteiger partial charge in [-0.3, -0.25) is 15.0 Å². The lowest BCUT2D eigenvalue weighted by Gasteiger charge is -2.20. The van der Waals surface area contributed by atoms with Crippen molar-refractivity contribution in [1.29, 1.82) is 0 Å². The summed E-state index contributed by atoms with van der Waals surface area (Å²) in [4.78, 5) is 151. The molecule has 0 heterocycles. The average Bonchev–Trinajstić information content (AvgIpc) is 0.889. The molecule has 132 heavy (non-hydrogen) atoms. The highest BCUT2D eigenvalue weighted by molar-refractivity contribution is 6.61. The highest BCUT2D eigenvalue weighted by atomic mass is 35.5. The second-order valence-corrected chi connectivity index (χ2v) is 26.6. The van der Waals surface area contributed by atoms with Crippen LogP contribution >= 0.6 is 11.6 Å². The molecule has 0 atom stereocenters. The van der Waals surface area contributed by atoms with Gasteiger partial charge < -0.3 is 126 Å². The molecule has 43 heteroatoms. The molecule has 0 fully saturated rings. The van der Waals surface area contributed by atoms with Gasteiger partial charge in [-0.15, -0.1) is 0 Å². The summed E-state index contributed by atoms with van der Waals surface area (Å²) in [6.45, 7) is 31.7. The third kappa shape index (κ3) is 75.8. The standard InChI is InChI=1S/C14H18O5.C12H14O5.2C11H14O3.C10H10O5.2C7H6O3.2C4H9NO2.C3H5ClO2.C2H5NO2.4CH5N/c1-5-17-13(16)18-11-9-7-6-8-10(11)12(15)19-14(2,3)4;1-12(2,3)17-10(13)8-6-4-5-7-9(8)16-11(14)15;2*1-11(2,3)14-10(13)8-6-4-5-7-9(8)12;1-2-14-10(13)15-8-6-4-3-5-7(8)9(11)12;2*8-6-4-2-1-3-5(6)7(9)10;2*1-3-6-7-4-5-2;1-2-6-3(4)5;1-3-2-5-4;4*1-2/h6-9H,5H2,1-4H3;4-7H,1-3H3,(H,14,15);2*4-7,12H,1-3H3;3-6H,2H2,1H3,(H,11,12);2*1-4,8H,(H,9,10);2*4H,3H2,1-2H3;2H2,1H3;2,4H,1H3;4*2H2,1H3. The van der Waals surface area contributed by atoms with Crippen molar-refractivity contribution in [3.05, 3.63) is 209 Å². The summed E-state index contributed by atoms with van der Waals surface area (Å²) in [6, 6.07) is 42.5. The molecule has 7 aromatic carbocycles. The summed E-state index contributed by atoms with van der Waals surface area (Å²) in [6.07, 6.45) is 0.179. The molecule has 42 nitrogen and oxygen atoms in total. The summed E-state index contributed by atoms with van der Waals surface area (Å²) in [5.74, 6) is -6.00. The van der Waals surface area contributed by atoms with Gasteiger partial charge in [-0.05, 0) is 231 Å². The average molecular weight is 1890 g/mol. The van der Waals surface area contributed by atoms with Gasteiger partial charge in [0, 0.05) is 32.7 Å². The van der Waals surface area contributed by atoms with Gasteiger partial charge in [-0.25, -0.2) is 58.0 Å². The number of benzene rings is 7. The maximum Gasteiger partial charge on any atom is 0.513 e. The molecule has 7 aromatic rings. The van der Waals surface area contributed by atoms with Crippen LogP contribution in [-0.4, -0.2) is 236 Å². The zero-order valence-electron chi connectivity index (χ0n) is 78.6. The molecule has 0 bridgehead atoms. The summed E-state index contributed by atoms with van der Waals surface area (Å²) in [7, 11) is 10.7. The van der Waals surface area contributed by atoms with Crippen LogP contribution in [0.3, 0.4) is 0 Å². The number of phenols is 4. The predicted molar refractivity (Wildman–Crippen MR) is 493 cm³/mol. The van der Waals surface area contributed by atoms with E-state index in [0.29, 0.717) is 19.8 Å². The van der Waals surface area contributed by atoms with Crippen molar-refractivity contribution in [2.75, 3.05) is 82.4 Å². The Labute approximate surface area is 773 Å². The van der Waals surface area contributed by atoms with E-state index in [2.05, 4.69) is 81.3 Å². The number of carbonyl (C=O) groups excluding carboxylic acids is 7. The lowest BCUT2D eigenvalue weighted by atomic mass is 10.1. The first kappa shape index (κ1) is 133. The Morgan fingerprint density at radius 1 is 0.318 bits per heavy atom. The molecular weight excluding hydrogens is 1760 g/mol. The van der Waals surface area contributed by atoms with E-state index in [9.17, 15) is 63.0 Å². The number of ether oxygens (including phenoxy) is 10. The number of carboxylic acids is 3.